The van der Waals surface area contributed by atoms with E-state index in [1.165, 1.54) is 0 Å². The van der Waals surface area contributed by atoms with Gasteiger partial charge in [-0.2, -0.15) is 18.3 Å². The first-order chi connectivity index (χ1) is 13.7. The highest BCUT2D eigenvalue weighted by Crippen LogP contribution is 2.31. The molecular formula is C18H14F3N3O5. The van der Waals surface area contributed by atoms with E-state index in [9.17, 15) is 18.0 Å². The molecule has 1 aliphatic rings. The highest BCUT2D eigenvalue weighted by Gasteiger charge is 2.38. The van der Waals surface area contributed by atoms with Gasteiger partial charge in [-0.25, -0.2) is 4.79 Å². The number of H-pyrrole nitrogens is 1. The number of nitrogens with one attached hydrogen (secondary N) is 2. The van der Waals surface area contributed by atoms with Crippen LogP contribution in [0, 0.1) is 0 Å². The van der Waals surface area contributed by atoms with Gasteiger partial charge in [0.2, 0.25) is 6.10 Å². The lowest BCUT2D eigenvalue weighted by Gasteiger charge is -2.25. The average Bonchev–Trinajstić information content (AvgIpc) is 3.15. The summed E-state index contributed by atoms with van der Waals surface area (Å²) in [6, 6.07) is 12.8. The molecule has 152 valence electrons. The van der Waals surface area contributed by atoms with E-state index in [2.05, 4.69) is 15.5 Å². The Morgan fingerprint density at radius 2 is 1.86 bits per heavy atom. The van der Waals surface area contributed by atoms with Gasteiger partial charge in [-0.05, 0) is 30.3 Å². The number of halogens is 3. The van der Waals surface area contributed by atoms with E-state index in [0.717, 1.165) is 10.9 Å². The zero-order valence-corrected chi connectivity index (χ0v) is 14.6. The molecule has 1 aromatic heterocycles. The van der Waals surface area contributed by atoms with Crippen molar-refractivity contribution >= 4 is 28.5 Å². The van der Waals surface area contributed by atoms with Gasteiger partial charge in [-0.3, -0.25) is 9.89 Å². The number of benzene rings is 2. The molecule has 0 spiro atoms. The first-order valence-corrected chi connectivity index (χ1v) is 8.16. The number of carboxylic acids is 1. The number of aromatic nitrogens is 2. The summed E-state index contributed by atoms with van der Waals surface area (Å²) in [5, 5.41) is 17.7. The smallest absolute Gasteiger partial charge is 0.485 e. The van der Waals surface area contributed by atoms with Gasteiger partial charge >= 0.3 is 12.1 Å². The molecule has 8 nitrogen and oxygen atoms in total. The summed E-state index contributed by atoms with van der Waals surface area (Å²) in [7, 11) is 0. The minimum absolute atomic E-state index is 0.191. The van der Waals surface area contributed by atoms with Crippen LogP contribution in [0.5, 0.6) is 11.5 Å². The zero-order valence-electron chi connectivity index (χ0n) is 14.6. The van der Waals surface area contributed by atoms with Crippen molar-refractivity contribution in [3.63, 3.8) is 0 Å². The molecule has 0 saturated carbocycles. The van der Waals surface area contributed by atoms with Gasteiger partial charge in [0.1, 0.15) is 6.61 Å². The third-order valence-electron chi connectivity index (χ3n) is 3.75. The molecule has 1 amide bonds. The van der Waals surface area contributed by atoms with E-state index in [0.29, 0.717) is 17.2 Å². The number of carboxylic acid groups (broad SMARTS) is 1. The quantitative estimate of drug-likeness (QED) is 0.600. The number of fused-ring (bicyclic) bond motifs is 2. The van der Waals surface area contributed by atoms with Crippen LogP contribution in [0.3, 0.4) is 0 Å². The molecule has 3 aromatic rings. The molecule has 0 fully saturated rings. The molecule has 1 aliphatic heterocycles. The second kappa shape index (κ2) is 8.09. The molecule has 0 saturated heterocycles. The number of ether oxygens (including phenoxy) is 2. The molecule has 1 unspecified atom stereocenters. The molecule has 2 aromatic carbocycles. The molecular weight excluding hydrogens is 395 g/mol. The maximum Gasteiger partial charge on any atom is 0.490 e. The van der Waals surface area contributed by atoms with Crippen LogP contribution >= 0.6 is 0 Å². The van der Waals surface area contributed by atoms with E-state index in [1.54, 1.807) is 12.3 Å². The van der Waals surface area contributed by atoms with Crippen LogP contribution in [0.1, 0.15) is 0 Å². The predicted octanol–water partition coefficient (Wildman–Crippen LogP) is 2.97. The number of amides is 1. The third-order valence-corrected chi connectivity index (χ3v) is 3.75. The Labute approximate surface area is 161 Å². The predicted molar refractivity (Wildman–Crippen MR) is 94.8 cm³/mol. The summed E-state index contributed by atoms with van der Waals surface area (Å²) in [4.78, 5) is 21.2. The Balaban J connectivity index is 0.000000298. The maximum atomic E-state index is 12.3. The van der Waals surface area contributed by atoms with Crippen LogP contribution in [0.25, 0.3) is 10.9 Å². The normalized spacial score (nSPS) is 15.2. The van der Waals surface area contributed by atoms with Crippen molar-refractivity contribution in [3.8, 4) is 11.5 Å². The van der Waals surface area contributed by atoms with Crippen molar-refractivity contribution in [1.82, 2.24) is 10.2 Å². The third kappa shape index (κ3) is 4.94. The first-order valence-electron chi connectivity index (χ1n) is 8.16. The van der Waals surface area contributed by atoms with E-state index in [1.807, 2.05) is 36.4 Å². The topological polar surface area (TPSA) is 114 Å². The summed E-state index contributed by atoms with van der Waals surface area (Å²) in [5.41, 5.74) is 1.62. The maximum absolute atomic E-state index is 12.3. The number of nitrogens with zero attached hydrogens (tertiary/aromatic N) is 1. The Bertz CT molecular complexity index is 1030. The van der Waals surface area contributed by atoms with Crippen LogP contribution in [-0.4, -0.2) is 46.1 Å². The van der Waals surface area contributed by atoms with E-state index < -0.39 is 18.2 Å². The van der Waals surface area contributed by atoms with Gasteiger partial charge in [0.15, 0.2) is 11.5 Å². The van der Waals surface area contributed by atoms with Crippen LogP contribution in [-0.2, 0) is 9.59 Å². The Morgan fingerprint density at radius 1 is 1.17 bits per heavy atom. The highest BCUT2D eigenvalue weighted by molar-refractivity contribution is 5.96. The Hall–Kier alpha value is -3.76. The number of hydrogen-bond acceptors (Lipinski definition) is 5. The van der Waals surface area contributed by atoms with Gasteiger partial charge in [0.25, 0.3) is 5.91 Å². The first kappa shape index (κ1) is 20.0. The molecule has 0 radical (unpaired) electrons. The monoisotopic (exact) mass is 409 g/mol. The average molecular weight is 409 g/mol. The Kier molecular flexibility index (Phi) is 5.57. The highest BCUT2D eigenvalue weighted by atomic mass is 19.4. The van der Waals surface area contributed by atoms with Crippen molar-refractivity contribution in [2.24, 2.45) is 0 Å². The van der Waals surface area contributed by atoms with Gasteiger partial charge in [-0.1, -0.05) is 12.1 Å². The largest absolute Gasteiger partial charge is 0.490 e. The fraction of sp³-hybridized carbons (Fsp3) is 0.167. The van der Waals surface area contributed by atoms with E-state index >= 15 is 0 Å². The van der Waals surface area contributed by atoms with E-state index in [4.69, 9.17) is 19.4 Å². The fourth-order valence-corrected chi connectivity index (χ4v) is 2.39. The number of para-hydroxylation sites is 2. The molecule has 3 N–H and O–H groups in total. The standard InChI is InChI=1S/C16H13N3O3.C2HF3O2/c20-16(15-9-21-13-3-1-2-4-14(13)22-15)18-11-5-6-12-10(7-11)8-17-19-12;3-2(4,5)1(6)7/h1-8,15H,9H2,(H,17,19)(H,18,20);(H,6,7). The second-order valence-corrected chi connectivity index (χ2v) is 5.83. The molecule has 0 aliphatic carbocycles. The summed E-state index contributed by atoms with van der Waals surface area (Å²) in [5.74, 6) is -1.75. The number of carbonyl (C=O) groups excluding carboxylic acids is 1. The number of rotatable bonds is 2. The number of anilines is 1. The van der Waals surface area contributed by atoms with Gasteiger partial charge in [-0.15, -0.1) is 0 Å². The van der Waals surface area contributed by atoms with Crippen LogP contribution in [0.4, 0.5) is 18.9 Å². The van der Waals surface area contributed by atoms with Crippen molar-refractivity contribution in [2.45, 2.75) is 12.3 Å². The lowest BCUT2D eigenvalue weighted by Crippen LogP contribution is -2.40. The minimum atomic E-state index is -5.08. The zero-order chi connectivity index (χ0) is 21.0. The van der Waals surface area contributed by atoms with Gasteiger partial charge in [0, 0.05) is 11.1 Å². The number of hydrogen-bond donors (Lipinski definition) is 3. The second-order valence-electron chi connectivity index (χ2n) is 5.83. The summed E-state index contributed by atoms with van der Waals surface area (Å²) < 4.78 is 43.0. The van der Waals surface area contributed by atoms with Gasteiger partial charge in [0.05, 0.1) is 11.7 Å². The lowest BCUT2D eigenvalue weighted by molar-refractivity contribution is -0.192. The fourth-order valence-electron chi connectivity index (χ4n) is 2.39. The number of aromatic amines is 1. The van der Waals surface area contributed by atoms with Crippen molar-refractivity contribution in [3.05, 3.63) is 48.7 Å². The molecule has 1 atom stereocenters. The molecule has 11 heteroatoms. The minimum Gasteiger partial charge on any atom is -0.485 e. The molecule has 29 heavy (non-hydrogen) atoms. The number of alkyl halides is 3. The summed E-state index contributed by atoms with van der Waals surface area (Å²) in [6.45, 7) is 0.191. The number of carbonyl (C=O) groups is 2. The SMILES string of the molecule is O=C(Nc1ccc2[nH]ncc2c1)C1COc2ccccc2O1.O=C(O)C(F)(F)F. The summed E-state index contributed by atoms with van der Waals surface area (Å²) >= 11 is 0. The van der Waals surface area contributed by atoms with Crippen molar-refractivity contribution in [2.75, 3.05) is 11.9 Å². The Morgan fingerprint density at radius 3 is 2.55 bits per heavy atom. The molecule has 2 heterocycles. The van der Waals surface area contributed by atoms with Gasteiger partial charge < -0.3 is 19.9 Å². The number of aliphatic carboxylic acids is 1. The summed E-state index contributed by atoms with van der Waals surface area (Å²) in [6.07, 6.45) is -4.04. The van der Waals surface area contributed by atoms with E-state index in [-0.39, 0.29) is 12.5 Å². The van der Waals surface area contributed by atoms with Crippen LogP contribution in [0.15, 0.2) is 48.7 Å². The van der Waals surface area contributed by atoms with Crippen molar-refractivity contribution < 1.29 is 37.3 Å². The van der Waals surface area contributed by atoms with Crippen molar-refractivity contribution in [1.29, 1.82) is 0 Å². The van der Waals surface area contributed by atoms with Crippen LogP contribution in [0.2, 0.25) is 0 Å². The molecule has 0 bridgehead atoms. The molecule has 4 rings (SSSR count). The van der Waals surface area contributed by atoms with Crippen LogP contribution < -0.4 is 14.8 Å². The lowest BCUT2D eigenvalue weighted by atomic mass is 10.2.